The smallest absolute Gasteiger partial charge is 0.387 e. The summed E-state index contributed by atoms with van der Waals surface area (Å²) in [6, 6.07) is 5.54. The first-order valence-corrected chi connectivity index (χ1v) is 8.32. The van der Waals surface area contributed by atoms with E-state index in [1.165, 1.54) is 45.0 Å². The van der Waals surface area contributed by atoms with Gasteiger partial charge in [-0.25, -0.2) is 0 Å². The zero-order chi connectivity index (χ0) is 21.7. The Morgan fingerprint density at radius 2 is 1.97 bits per heavy atom. The van der Waals surface area contributed by atoms with Gasteiger partial charge >= 0.3 is 18.3 Å². The number of nitrogens with zero attached hydrogens (tertiary/aromatic N) is 3. The molecule has 0 aliphatic carbocycles. The zero-order valence-corrected chi connectivity index (χ0v) is 15.7. The number of rotatable bonds is 8. The Labute approximate surface area is 163 Å². The summed E-state index contributed by atoms with van der Waals surface area (Å²) in [7, 11) is 0. The molecule has 10 nitrogen and oxygen atoms in total. The topological polar surface area (TPSA) is 126 Å². The Morgan fingerprint density at radius 3 is 2.55 bits per heavy atom. The van der Waals surface area contributed by atoms with E-state index < -0.39 is 36.1 Å². The maximum Gasteiger partial charge on any atom is 0.387 e. The van der Waals surface area contributed by atoms with Crippen molar-refractivity contribution in [2.45, 2.75) is 40.0 Å². The fourth-order valence-corrected chi connectivity index (χ4v) is 2.52. The van der Waals surface area contributed by atoms with E-state index in [9.17, 15) is 28.5 Å². The molecular formula is C17H18F2N4O6. The Balaban J connectivity index is 2.01. The lowest BCUT2D eigenvalue weighted by atomic mass is 10.2. The van der Waals surface area contributed by atoms with Gasteiger partial charge in [-0.1, -0.05) is 12.1 Å². The number of aromatic nitrogens is 2. The largest absolute Gasteiger partial charge is 0.451 e. The van der Waals surface area contributed by atoms with E-state index in [1.807, 2.05) is 0 Å². The SMILES string of the molecule is Cc1nn(CC(=O)O[C@@H](C)C(=O)Nc2ccccc2OC(F)F)c(C)c1[N+](=O)[O-]. The molecule has 1 aromatic heterocycles. The number of alkyl halides is 2. The molecule has 0 unspecified atom stereocenters. The minimum atomic E-state index is -3.08. The number of hydrogen-bond donors (Lipinski definition) is 1. The van der Waals surface area contributed by atoms with Crippen molar-refractivity contribution in [3.05, 3.63) is 45.8 Å². The Hall–Kier alpha value is -3.57. The zero-order valence-electron chi connectivity index (χ0n) is 15.7. The predicted molar refractivity (Wildman–Crippen MR) is 95.6 cm³/mol. The molecule has 29 heavy (non-hydrogen) atoms. The molecule has 0 aliphatic rings. The van der Waals surface area contributed by atoms with Gasteiger partial charge in [0, 0.05) is 0 Å². The molecule has 0 fully saturated rings. The van der Waals surface area contributed by atoms with Crippen molar-refractivity contribution in [2.24, 2.45) is 0 Å². The lowest BCUT2D eigenvalue weighted by molar-refractivity contribution is -0.386. The van der Waals surface area contributed by atoms with Crippen LogP contribution >= 0.6 is 0 Å². The molecule has 0 radical (unpaired) electrons. The number of carbonyl (C=O) groups is 2. The Kier molecular flexibility index (Phi) is 6.80. The number of nitrogens with one attached hydrogen (secondary N) is 1. The number of nitro groups is 1. The van der Waals surface area contributed by atoms with Crippen LogP contribution in [0.25, 0.3) is 0 Å². The van der Waals surface area contributed by atoms with Crippen molar-refractivity contribution in [2.75, 3.05) is 5.32 Å². The second kappa shape index (κ2) is 9.08. The van der Waals surface area contributed by atoms with Crippen molar-refractivity contribution in [3.8, 4) is 5.75 Å². The van der Waals surface area contributed by atoms with Crippen LogP contribution in [-0.4, -0.2) is 39.3 Å². The van der Waals surface area contributed by atoms with Gasteiger partial charge in [-0.15, -0.1) is 0 Å². The molecule has 1 heterocycles. The highest BCUT2D eigenvalue weighted by atomic mass is 19.3. The third kappa shape index (κ3) is 5.46. The van der Waals surface area contributed by atoms with Gasteiger partial charge in [0.05, 0.1) is 10.6 Å². The highest BCUT2D eigenvalue weighted by Gasteiger charge is 2.25. The van der Waals surface area contributed by atoms with Crippen molar-refractivity contribution in [1.29, 1.82) is 0 Å². The number of halogens is 2. The van der Waals surface area contributed by atoms with Crippen LogP contribution in [-0.2, 0) is 20.9 Å². The number of carbonyl (C=O) groups excluding carboxylic acids is 2. The lowest BCUT2D eigenvalue weighted by Gasteiger charge is -2.16. The molecule has 2 aromatic rings. The number of para-hydroxylation sites is 2. The molecule has 1 amide bonds. The number of hydrogen-bond acceptors (Lipinski definition) is 7. The van der Waals surface area contributed by atoms with Crippen LogP contribution in [0.3, 0.4) is 0 Å². The molecule has 0 bridgehead atoms. The fraction of sp³-hybridized carbons (Fsp3) is 0.353. The van der Waals surface area contributed by atoms with E-state index >= 15 is 0 Å². The fourth-order valence-electron chi connectivity index (χ4n) is 2.52. The molecule has 0 saturated carbocycles. The van der Waals surface area contributed by atoms with Crippen molar-refractivity contribution in [3.63, 3.8) is 0 Å². The third-order valence-electron chi connectivity index (χ3n) is 3.84. The molecule has 1 N–H and O–H groups in total. The van der Waals surface area contributed by atoms with E-state index in [0.717, 1.165) is 4.68 Å². The molecule has 1 atom stereocenters. The van der Waals surface area contributed by atoms with Crippen LogP contribution < -0.4 is 10.1 Å². The maximum atomic E-state index is 12.4. The minimum absolute atomic E-state index is 0.0186. The summed E-state index contributed by atoms with van der Waals surface area (Å²) < 4.78 is 35.3. The van der Waals surface area contributed by atoms with Gasteiger partial charge in [-0.05, 0) is 32.9 Å². The summed E-state index contributed by atoms with van der Waals surface area (Å²) in [6.45, 7) is 0.633. The first-order valence-electron chi connectivity index (χ1n) is 8.32. The number of anilines is 1. The standard InChI is InChI=1S/C17H18F2N4O6/c1-9-15(23(26)27)10(2)22(21-9)8-14(24)28-11(3)16(25)20-12-6-4-5-7-13(12)29-17(18)19/h4-7,11,17H,8H2,1-3H3,(H,20,25)/t11-/m0/s1. The van der Waals surface area contributed by atoms with Crippen LogP contribution in [0.2, 0.25) is 0 Å². The molecule has 156 valence electrons. The molecular weight excluding hydrogens is 394 g/mol. The molecule has 2 rings (SSSR count). The van der Waals surface area contributed by atoms with Gasteiger partial charge in [0.2, 0.25) is 0 Å². The number of benzene rings is 1. The minimum Gasteiger partial charge on any atom is -0.451 e. The molecule has 1 aromatic carbocycles. The molecule has 0 spiro atoms. The summed E-state index contributed by atoms with van der Waals surface area (Å²) in [5, 5.41) is 17.3. The summed E-state index contributed by atoms with van der Waals surface area (Å²) in [5.41, 5.74) is 0.0791. The summed E-state index contributed by atoms with van der Waals surface area (Å²) in [5.74, 6) is -1.88. The number of esters is 1. The van der Waals surface area contributed by atoms with Crippen molar-refractivity contribution in [1.82, 2.24) is 9.78 Å². The number of aryl methyl sites for hydroxylation is 1. The third-order valence-corrected chi connectivity index (χ3v) is 3.84. The van der Waals surface area contributed by atoms with Crippen LogP contribution in [0.4, 0.5) is 20.2 Å². The second-order valence-electron chi connectivity index (χ2n) is 5.93. The summed E-state index contributed by atoms with van der Waals surface area (Å²) >= 11 is 0. The monoisotopic (exact) mass is 412 g/mol. The van der Waals surface area contributed by atoms with Crippen LogP contribution in [0.5, 0.6) is 5.75 Å². The van der Waals surface area contributed by atoms with Gasteiger partial charge in [0.1, 0.15) is 23.7 Å². The summed E-state index contributed by atoms with van der Waals surface area (Å²) in [4.78, 5) is 34.7. The van der Waals surface area contributed by atoms with E-state index in [-0.39, 0.29) is 28.5 Å². The first kappa shape index (κ1) is 21.7. The van der Waals surface area contributed by atoms with Crippen molar-refractivity contribution >= 4 is 23.3 Å². The average Bonchev–Trinajstić information content (AvgIpc) is 2.89. The Bertz CT molecular complexity index is 931. The van der Waals surface area contributed by atoms with Gasteiger partial charge in [-0.2, -0.15) is 13.9 Å². The van der Waals surface area contributed by atoms with Gasteiger partial charge in [0.15, 0.2) is 6.10 Å². The van der Waals surface area contributed by atoms with Crippen LogP contribution in [0.1, 0.15) is 18.3 Å². The van der Waals surface area contributed by atoms with E-state index in [0.29, 0.717) is 0 Å². The normalized spacial score (nSPS) is 11.8. The van der Waals surface area contributed by atoms with Crippen LogP contribution in [0, 0.1) is 24.0 Å². The van der Waals surface area contributed by atoms with E-state index in [4.69, 9.17) is 4.74 Å². The molecule has 0 saturated heterocycles. The first-order chi connectivity index (χ1) is 13.6. The summed E-state index contributed by atoms with van der Waals surface area (Å²) in [6.07, 6.45) is -1.27. The molecule has 12 heteroatoms. The number of amides is 1. The number of ether oxygens (including phenoxy) is 2. The maximum absolute atomic E-state index is 12.4. The highest BCUT2D eigenvalue weighted by Crippen LogP contribution is 2.26. The van der Waals surface area contributed by atoms with E-state index in [1.54, 1.807) is 0 Å². The quantitative estimate of drug-likeness (QED) is 0.401. The van der Waals surface area contributed by atoms with Crippen LogP contribution in [0.15, 0.2) is 24.3 Å². The van der Waals surface area contributed by atoms with Gasteiger partial charge < -0.3 is 14.8 Å². The molecule has 0 aliphatic heterocycles. The van der Waals surface area contributed by atoms with Gasteiger partial charge in [0.25, 0.3) is 5.91 Å². The Morgan fingerprint density at radius 1 is 1.31 bits per heavy atom. The van der Waals surface area contributed by atoms with E-state index in [2.05, 4.69) is 15.2 Å². The predicted octanol–water partition coefficient (Wildman–Crippen LogP) is 2.58. The van der Waals surface area contributed by atoms with Gasteiger partial charge in [-0.3, -0.25) is 24.4 Å². The van der Waals surface area contributed by atoms with Crippen molar-refractivity contribution < 1.29 is 32.8 Å². The lowest BCUT2D eigenvalue weighted by Crippen LogP contribution is -2.31. The second-order valence-corrected chi connectivity index (χ2v) is 5.93. The highest BCUT2D eigenvalue weighted by molar-refractivity contribution is 5.96. The average molecular weight is 412 g/mol.